The lowest BCUT2D eigenvalue weighted by atomic mass is 10.0. The molecule has 0 saturated carbocycles. The summed E-state index contributed by atoms with van der Waals surface area (Å²) in [5, 5.41) is 3.73. The van der Waals surface area contributed by atoms with Gasteiger partial charge in [-0.2, -0.15) is 0 Å². The Balaban J connectivity index is 1.25. The first-order chi connectivity index (χ1) is 14.7. The van der Waals surface area contributed by atoms with Crippen LogP contribution in [-0.4, -0.2) is 30.4 Å². The zero-order chi connectivity index (χ0) is 20.8. The van der Waals surface area contributed by atoms with E-state index >= 15 is 0 Å². The van der Waals surface area contributed by atoms with Crippen LogP contribution in [0, 0.1) is 0 Å². The minimum absolute atomic E-state index is 0.0455. The second kappa shape index (κ2) is 9.75. The number of carbonyl (C=O) groups is 1. The first-order valence-corrected chi connectivity index (χ1v) is 10.6. The van der Waals surface area contributed by atoms with Crippen LogP contribution in [0.3, 0.4) is 0 Å². The SMILES string of the molecule is O=C(NCCc1ccc(CN2CC=CC2)cc1)c1ccc(-c2ccc(Cl)cc2)cc1. The van der Waals surface area contributed by atoms with Crippen molar-refractivity contribution < 1.29 is 4.79 Å². The number of carbonyl (C=O) groups excluding carboxylic acids is 1. The number of rotatable bonds is 7. The monoisotopic (exact) mass is 416 g/mol. The number of amides is 1. The maximum atomic E-state index is 12.4. The molecule has 1 amide bonds. The lowest BCUT2D eigenvalue weighted by molar-refractivity contribution is 0.0954. The number of hydrogen-bond acceptors (Lipinski definition) is 2. The second-order valence-electron chi connectivity index (χ2n) is 7.57. The van der Waals surface area contributed by atoms with Gasteiger partial charge in [0.15, 0.2) is 0 Å². The Morgan fingerprint density at radius 1 is 0.800 bits per heavy atom. The molecule has 1 aliphatic rings. The van der Waals surface area contributed by atoms with Crippen molar-refractivity contribution in [2.75, 3.05) is 19.6 Å². The van der Waals surface area contributed by atoms with Crippen LogP contribution in [0.25, 0.3) is 11.1 Å². The van der Waals surface area contributed by atoms with Gasteiger partial charge in [-0.05, 0) is 52.9 Å². The topological polar surface area (TPSA) is 32.3 Å². The van der Waals surface area contributed by atoms with E-state index in [4.69, 9.17) is 11.6 Å². The van der Waals surface area contributed by atoms with Crippen molar-refractivity contribution in [3.05, 3.63) is 107 Å². The summed E-state index contributed by atoms with van der Waals surface area (Å²) in [5.74, 6) is -0.0455. The van der Waals surface area contributed by atoms with E-state index in [2.05, 4.69) is 46.6 Å². The van der Waals surface area contributed by atoms with Crippen molar-refractivity contribution in [3.8, 4) is 11.1 Å². The first kappa shape index (κ1) is 20.4. The molecule has 0 bridgehead atoms. The molecule has 0 fully saturated rings. The van der Waals surface area contributed by atoms with Gasteiger partial charge in [-0.25, -0.2) is 0 Å². The van der Waals surface area contributed by atoms with E-state index in [0.717, 1.165) is 37.2 Å². The van der Waals surface area contributed by atoms with Gasteiger partial charge in [0, 0.05) is 36.8 Å². The summed E-state index contributed by atoms with van der Waals surface area (Å²) in [5.41, 5.74) is 5.37. The molecule has 0 aromatic heterocycles. The summed E-state index contributed by atoms with van der Waals surface area (Å²) in [6.07, 6.45) is 5.24. The highest BCUT2D eigenvalue weighted by Gasteiger charge is 2.08. The largest absolute Gasteiger partial charge is 0.352 e. The molecule has 3 aromatic rings. The molecule has 4 rings (SSSR count). The van der Waals surface area contributed by atoms with Gasteiger partial charge in [-0.15, -0.1) is 0 Å². The molecule has 0 radical (unpaired) electrons. The van der Waals surface area contributed by atoms with Crippen molar-refractivity contribution in [1.29, 1.82) is 0 Å². The Bertz CT molecular complexity index is 1000. The van der Waals surface area contributed by atoms with Crippen molar-refractivity contribution in [2.24, 2.45) is 0 Å². The fourth-order valence-corrected chi connectivity index (χ4v) is 3.73. The zero-order valence-corrected chi connectivity index (χ0v) is 17.6. The Kier molecular flexibility index (Phi) is 6.63. The van der Waals surface area contributed by atoms with Gasteiger partial charge in [-0.3, -0.25) is 9.69 Å². The number of hydrogen-bond donors (Lipinski definition) is 1. The lowest BCUT2D eigenvalue weighted by Gasteiger charge is -2.14. The molecule has 0 spiro atoms. The van der Waals surface area contributed by atoms with Gasteiger partial charge in [0.1, 0.15) is 0 Å². The zero-order valence-electron chi connectivity index (χ0n) is 16.9. The molecule has 1 heterocycles. The molecule has 0 saturated heterocycles. The number of benzene rings is 3. The van der Waals surface area contributed by atoms with Gasteiger partial charge in [0.25, 0.3) is 5.91 Å². The third kappa shape index (κ3) is 5.38. The smallest absolute Gasteiger partial charge is 0.251 e. The van der Waals surface area contributed by atoms with Crippen LogP contribution in [0.2, 0.25) is 5.02 Å². The fourth-order valence-electron chi connectivity index (χ4n) is 3.60. The van der Waals surface area contributed by atoms with Crippen molar-refractivity contribution in [2.45, 2.75) is 13.0 Å². The Hall–Kier alpha value is -2.88. The average molecular weight is 417 g/mol. The van der Waals surface area contributed by atoms with Crippen molar-refractivity contribution in [1.82, 2.24) is 10.2 Å². The minimum Gasteiger partial charge on any atom is -0.352 e. The third-order valence-electron chi connectivity index (χ3n) is 5.35. The minimum atomic E-state index is -0.0455. The average Bonchev–Trinajstić information content (AvgIpc) is 3.29. The fraction of sp³-hybridized carbons (Fsp3) is 0.192. The number of nitrogens with zero attached hydrogens (tertiary/aromatic N) is 1. The lowest BCUT2D eigenvalue weighted by Crippen LogP contribution is -2.25. The molecule has 0 aliphatic carbocycles. The standard InChI is InChI=1S/C26H25ClN2O/c27-25-13-11-23(12-14-25)22-7-9-24(10-8-22)26(30)28-16-15-20-3-5-21(6-4-20)19-29-17-1-2-18-29/h1-14H,15-19H2,(H,28,30). The van der Waals surface area contributed by atoms with E-state index in [0.29, 0.717) is 17.1 Å². The molecule has 4 heteroatoms. The first-order valence-electron chi connectivity index (χ1n) is 10.3. The molecule has 1 N–H and O–H groups in total. The molecule has 1 aliphatic heterocycles. The molecule has 3 aromatic carbocycles. The molecule has 152 valence electrons. The molecular formula is C26H25ClN2O. The van der Waals surface area contributed by atoms with Crippen LogP contribution >= 0.6 is 11.6 Å². The second-order valence-corrected chi connectivity index (χ2v) is 8.01. The van der Waals surface area contributed by atoms with Crippen LogP contribution in [0.1, 0.15) is 21.5 Å². The molecule has 0 atom stereocenters. The molecule has 3 nitrogen and oxygen atoms in total. The van der Waals surface area contributed by atoms with Crippen LogP contribution in [0.4, 0.5) is 0 Å². The highest BCUT2D eigenvalue weighted by atomic mass is 35.5. The van der Waals surface area contributed by atoms with Crippen LogP contribution in [0.5, 0.6) is 0 Å². The van der Waals surface area contributed by atoms with E-state index in [9.17, 15) is 4.79 Å². The van der Waals surface area contributed by atoms with Gasteiger partial charge in [0.2, 0.25) is 0 Å². The van der Waals surface area contributed by atoms with Crippen molar-refractivity contribution in [3.63, 3.8) is 0 Å². The number of halogens is 1. The Morgan fingerprint density at radius 2 is 1.37 bits per heavy atom. The third-order valence-corrected chi connectivity index (χ3v) is 5.60. The van der Waals surface area contributed by atoms with Crippen LogP contribution < -0.4 is 5.32 Å². The summed E-state index contributed by atoms with van der Waals surface area (Å²) in [4.78, 5) is 14.8. The maximum Gasteiger partial charge on any atom is 0.251 e. The highest BCUT2D eigenvalue weighted by Crippen LogP contribution is 2.22. The van der Waals surface area contributed by atoms with E-state index < -0.39 is 0 Å². The summed E-state index contributed by atoms with van der Waals surface area (Å²) in [7, 11) is 0. The van der Waals surface area contributed by atoms with E-state index in [1.807, 2.05) is 48.5 Å². The summed E-state index contributed by atoms with van der Waals surface area (Å²) < 4.78 is 0. The van der Waals surface area contributed by atoms with Gasteiger partial charge < -0.3 is 5.32 Å². The molecule has 0 unspecified atom stereocenters. The predicted octanol–water partition coefficient (Wildman–Crippen LogP) is 5.35. The van der Waals surface area contributed by atoms with E-state index in [1.54, 1.807) is 0 Å². The quantitative estimate of drug-likeness (QED) is 0.526. The summed E-state index contributed by atoms with van der Waals surface area (Å²) in [6.45, 7) is 3.67. The van der Waals surface area contributed by atoms with Gasteiger partial charge >= 0.3 is 0 Å². The molecule has 30 heavy (non-hydrogen) atoms. The summed E-state index contributed by atoms with van der Waals surface area (Å²) in [6, 6.07) is 24.0. The van der Waals surface area contributed by atoms with Crippen molar-refractivity contribution >= 4 is 17.5 Å². The van der Waals surface area contributed by atoms with Crippen LogP contribution in [-0.2, 0) is 13.0 Å². The molecular weight excluding hydrogens is 392 g/mol. The summed E-state index contributed by atoms with van der Waals surface area (Å²) >= 11 is 5.94. The van der Waals surface area contributed by atoms with Gasteiger partial charge in [0.05, 0.1) is 0 Å². The highest BCUT2D eigenvalue weighted by molar-refractivity contribution is 6.30. The predicted molar refractivity (Wildman–Crippen MR) is 124 cm³/mol. The normalized spacial score (nSPS) is 13.5. The maximum absolute atomic E-state index is 12.4. The van der Waals surface area contributed by atoms with E-state index in [-0.39, 0.29) is 5.91 Å². The van der Waals surface area contributed by atoms with E-state index in [1.165, 1.54) is 11.1 Å². The van der Waals surface area contributed by atoms with Gasteiger partial charge in [-0.1, -0.05) is 72.3 Å². The van der Waals surface area contributed by atoms with Crippen LogP contribution in [0.15, 0.2) is 84.9 Å². The number of nitrogens with one attached hydrogen (secondary N) is 1. The Morgan fingerprint density at radius 3 is 2.00 bits per heavy atom. The Labute approximate surface area is 183 Å².